The second kappa shape index (κ2) is 31.6. The van der Waals surface area contributed by atoms with Gasteiger partial charge in [-0.1, -0.05) is 116 Å². The van der Waals surface area contributed by atoms with Crippen molar-refractivity contribution in [2.24, 2.45) is 0 Å². The Morgan fingerprint density at radius 1 is 0.714 bits per heavy atom. The summed E-state index contributed by atoms with van der Waals surface area (Å²) in [7, 11) is 0. The van der Waals surface area contributed by atoms with Crippen molar-refractivity contribution in [2.75, 3.05) is 0 Å². The molecule has 1 aromatic rings. The molecule has 0 saturated heterocycles. The standard InChI is InChI=1S/C13H20.8CH4/c1-3-5-9-12(4-2)13-10-7-6-8-11-13;;;;;;;;/h6-8,10-12H,3-5,9H2,1-2H3;8*1H4. The first-order valence-corrected chi connectivity index (χ1v) is 5.43. The smallest absolute Gasteiger partial charge is 0.0165 e. The van der Waals surface area contributed by atoms with Crippen LogP contribution in [0.4, 0.5) is 0 Å². The maximum Gasteiger partial charge on any atom is -0.0165 e. The van der Waals surface area contributed by atoms with E-state index in [2.05, 4.69) is 44.2 Å². The summed E-state index contributed by atoms with van der Waals surface area (Å²) >= 11 is 0. The fourth-order valence-electron chi connectivity index (χ4n) is 1.78. The summed E-state index contributed by atoms with van der Waals surface area (Å²) in [5.74, 6) is 0.779. The Morgan fingerprint density at radius 3 is 1.48 bits per heavy atom. The average molecular weight is 305 g/mol. The summed E-state index contributed by atoms with van der Waals surface area (Å²) < 4.78 is 0. The number of hydrogen-bond acceptors (Lipinski definition) is 0. The Kier molecular flexibility index (Phi) is 75.2. The summed E-state index contributed by atoms with van der Waals surface area (Å²) in [5.41, 5.74) is 1.51. The van der Waals surface area contributed by atoms with Gasteiger partial charge in [-0.25, -0.2) is 0 Å². The molecule has 21 heavy (non-hydrogen) atoms. The third-order valence-corrected chi connectivity index (χ3v) is 2.67. The van der Waals surface area contributed by atoms with E-state index in [0.717, 1.165) is 5.92 Å². The fourth-order valence-corrected chi connectivity index (χ4v) is 1.78. The second-order valence-corrected chi connectivity index (χ2v) is 3.66. The highest BCUT2D eigenvalue weighted by atomic mass is 14.1. The molecule has 0 nitrogen and oxygen atoms in total. The first kappa shape index (κ1) is 50.0. The summed E-state index contributed by atoms with van der Waals surface area (Å²) in [6, 6.07) is 10.9. The predicted molar refractivity (Wildman–Crippen MR) is 113 cm³/mol. The second-order valence-electron chi connectivity index (χ2n) is 3.66. The van der Waals surface area contributed by atoms with Gasteiger partial charge in [0.15, 0.2) is 0 Å². The van der Waals surface area contributed by atoms with Crippen LogP contribution in [0.15, 0.2) is 30.3 Å². The molecule has 1 unspecified atom stereocenters. The van der Waals surface area contributed by atoms with E-state index >= 15 is 0 Å². The molecule has 136 valence electrons. The molecule has 0 aliphatic rings. The Hall–Kier alpha value is -0.780. The van der Waals surface area contributed by atoms with Crippen LogP contribution >= 0.6 is 0 Å². The van der Waals surface area contributed by atoms with Crippen molar-refractivity contribution >= 4 is 0 Å². The lowest BCUT2D eigenvalue weighted by Crippen LogP contribution is -1.96. The minimum absolute atomic E-state index is 0. The third-order valence-electron chi connectivity index (χ3n) is 2.67. The van der Waals surface area contributed by atoms with Crippen molar-refractivity contribution in [2.45, 2.75) is 105 Å². The van der Waals surface area contributed by atoms with Gasteiger partial charge in [0.2, 0.25) is 0 Å². The van der Waals surface area contributed by atoms with Crippen molar-refractivity contribution in [3.63, 3.8) is 0 Å². The van der Waals surface area contributed by atoms with Crippen LogP contribution in [0.25, 0.3) is 0 Å². The van der Waals surface area contributed by atoms with Gasteiger partial charge < -0.3 is 0 Å². The molecule has 0 fully saturated rings. The number of hydrogen-bond donors (Lipinski definition) is 0. The zero-order chi connectivity index (χ0) is 9.52. The lowest BCUT2D eigenvalue weighted by atomic mass is 9.91. The molecule has 0 aliphatic heterocycles. The van der Waals surface area contributed by atoms with Crippen LogP contribution in [-0.4, -0.2) is 0 Å². The predicted octanol–water partition coefficient (Wildman–Crippen LogP) is 9.46. The number of rotatable bonds is 5. The van der Waals surface area contributed by atoms with Crippen LogP contribution in [0.5, 0.6) is 0 Å². The van der Waals surface area contributed by atoms with Gasteiger partial charge in [-0.15, -0.1) is 0 Å². The van der Waals surface area contributed by atoms with E-state index in [1.54, 1.807) is 0 Å². The van der Waals surface area contributed by atoms with Gasteiger partial charge in [-0.3, -0.25) is 0 Å². The molecule has 0 N–H and O–H groups in total. The Balaban J connectivity index is -0.0000000352. The van der Waals surface area contributed by atoms with E-state index in [9.17, 15) is 0 Å². The molecule has 0 saturated carbocycles. The van der Waals surface area contributed by atoms with Crippen LogP contribution in [0, 0.1) is 0 Å². The summed E-state index contributed by atoms with van der Waals surface area (Å²) in [4.78, 5) is 0. The zero-order valence-corrected chi connectivity index (χ0v) is 8.79. The van der Waals surface area contributed by atoms with Crippen molar-refractivity contribution in [3.8, 4) is 0 Å². The van der Waals surface area contributed by atoms with Gasteiger partial charge in [0.1, 0.15) is 0 Å². The molecule has 0 aromatic heterocycles. The highest BCUT2D eigenvalue weighted by Crippen LogP contribution is 2.24. The Morgan fingerprint density at radius 2 is 1.14 bits per heavy atom. The van der Waals surface area contributed by atoms with Crippen LogP contribution in [0.1, 0.15) is 110 Å². The summed E-state index contributed by atoms with van der Waals surface area (Å²) in [6.45, 7) is 4.55. The summed E-state index contributed by atoms with van der Waals surface area (Å²) in [5, 5.41) is 0. The highest BCUT2D eigenvalue weighted by molar-refractivity contribution is 5.19. The van der Waals surface area contributed by atoms with Crippen LogP contribution in [0.2, 0.25) is 0 Å². The summed E-state index contributed by atoms with van der Waals surface area (Å²) in [6.07, 6.45) is 5.28. The molecular weight excluding hydrogens is 252 g/mol. The molecule has 0 bridgehead atoms. The Bertz CT molecular complexity index is 213. The Labute approximate surface area is 141 Å². The molecule has 1 aromatic carbocycles. The van der Waals surface area contributed by atoms with E-state index in [1.807, 2.05) is 0 Å². The normalized spacial score (nSPS) is 7.90. The van der Waals surface area contributed by atoms with Crippen molar-refractivity contribution in [1.29, 1.82) is 0 Å². The molecule has 1 atom stereocenters. The van der Waals surface area contributed by atoms with Gasteiger partial charge in [0, 0.05) is 0 Å². The van der Waals surface area contributed by atoms with Crippen molar-refractivity contribution in [3.05, 3.63) is 35.9 Å². The van der Waals surface area contributed by atoms with Crippen LogP contribution in [-0.2, 0) is 0 Å². The molecule has 0 radical (unpaired) electrons. The first-order valence-electron chi connectivity index (χ1n) is 5.43. The number of benzene rings is 1. The molecule has 0 aliphatic carbocycles. The molecule has 1 rings (SSSR count). The zero-order valence-electron chi connectivity index (χ0n) is 8.79. The average Bonchev–Trinajstić information content (AvgIpc) is 2.21. The van der Waals surface area contributed by atoms with E-state index in [0.29, 0.717) is 0 Å². The number of unbranched alkanes of at least 4 members (excludes halogenated alkanes) is 1. The maximum absolute atomic E-state index is 2.29. The largest absolute Gasteiger partial charge is 0.0776 e. The lowest BCUT2D eigenvalue weighted by molar-refractivity contribution is 0.570. The van der Waals surface area contributed by atoms with Crippen LogP contribution < -0.4 is 0 Å². The van der Waals surface area contributed by atoms with Crippen LogP contribution in [0.3, 0.4) is 0 Å². The van der Waals surface area contributed by atoms with Gasteiger partial charge in [0.25, 0.3) is 0 Å². The first-order chi connectivity index (χ1) is 6.38. The molecule has 0 spiro atoms. The quantitative estimate of drug-likeness (QED) is 0.508. The maximum atomic E-state index is 2.29. The fraction of sp³-hybridized carbons (Fsp3) is 0.714. The molecular formula is C21H52. The SMILES string of the molecule is C.C.C.C.C.C.C.C.CCCCC(CC)c1ccccc1. The van der Waals surface area contributed by atoms with Gasteiger partial charge in [-0.05, 0) is 24.3 Å². The minimum atomic E-state index is 0. The molecule has 0 amide bonds. The lowest BCUT2D eigenvalue weighted by Gasteiger charge is -2.14. The molecule has 0 heterocycles. The van der Waals surface area contributed by atoms with E-state index in [-0.39, 0.29) is 59.4 Å². The molecule has 0 heteroatoms. The van der Waals surface area contributed by atoms with Gasteiger partial charge in [0.05, 0.1) is 0 Å². The monoisotopic (exact) mass is 304 g/mol. The van der Waals surface area contributed by atoms with Gasteiger partial charge in [-0.2, -0.15) is 0 Å². The van der Waals surface area contributed by atoms with Crippen molar-refractivity contribution < 1.29 is 0 Å². The highest BCUT2D eigenvalue weighted by Gasteiger charge is 2.06. The van der Waals surface area contributed by atoms with E-state index in [4.69, 9.17) is 0 Å². The van der Waals surface area contributed by atoms with Gasteiger partial charge >= 0.3 is 0 Å². The minimum Gasteiger partial charge on any atom is -0.0776 e. The topological polar surface area (TPSA) is 0 Å². The van der Waals surface area contributed by atoms with E-state index in [1.165, 1.54) is 31.2 Å². The van der Waals surface area contributed by atoms with E-state index < -0.39 is 0 Å². The van der Waals surface area contributed by atoms with Crippen molar-refractivity contribution in [1.82, 2.24) is 0 Å². The third kappa shape index (κ3) is 19.2.